The second kappa shape index (κ2) is 5.98. The van der Waals surface area contributed by atoms with Crippen molar-refractivity contribution in [3.63, 3.8) is 0 Å². The monoisotopic (exact) mass is 371 g/mol. The average Bonchev–Trinajstić information content (AvgIpc) is 2.66. The summed E-state index contributed by atoms with van der Waals surface area (Å²) in [6.07, 6.45) is -4.29. The summed E-state index contributed by atoms with van der Waals surface area (Å²) in [6, 6.07) is 0. The molecule has 0 N–H and O–H groups in total. The van der Waals surface area contributed by atoms with Crippen molar-refractivity contribution >= 4 is 21.4 Å². The number of halogens is 3. The summed E-state index contributed by atoms with van der Waals surface area (Å²) in [6.45, 7) is 5.86. The van der Waals surface area contributed by atoms with Gasteiger partial charge < -0.3 is 0 Å². The Balaban J connectivity index is 2.24. The number of nitrogens with zero attached hydrogens (tertiary/aromatic N) is 3. The molecule has 0 aromatic carbocycles. The summed E-state index contributed by atoms with van der Waals surface area (Å²) >= 11 is 1.09. The van der Waals surface area contributed by atoms with Gasteiger partial charge in [0.15, 0.2) is 0 Å². The summed E-state index contributed by atoms with van der Waals surface area (Å²) in [4.78, 5) is 6.15. The van der Waals surface area contributed by atoms with Gasteiger partial charge in [0.05, 0.1) is 12.2 Å². The van der Waals surface area contributed by atoms with Crippen LogP contribution >= 0.6 is 11.3 Å². The molecule has 1 saturated heterocycles. The van der Waals surface area contributed by atoms with Crippen LogP contribution in [0.25, 0.3) is 0 Å². The molecule has 5 nitrogen and oxygen atoms in total. The molecular weight excluding hydrogens is 351 g/mol. The van der Waals surface area contributed by atoms with Crippen molar-refractivity contribution in [3.05, 3.63) is 10.6 Å². The van der Waals surface area contributed by atoms with Crippen LogP contribution in [0.1, 0.15) is 24.4 Å². The number of aromatic nitrogens is 1. The van der Waals surface area contributed by atoms with Gasteiger partial charge in [-0.05, 0) is 27.7 Å². The lowest BCUT2D eigenvalue weighted by atomic mass is 10.0. The third-order valence-corrected chi connectivity index (χ3v) is 7.37. The number of aryl methyl sites for hydroxylation is 2. The summed E-state index contributed by atoms with van der Waals surface area (Å²) in [5.74, 6) is 0. The summed E-state index contributed by atoms with van der Waals surface area (Å²) in [5.41, 5.74) is -0.280. The van der Waals surface area contributed by atoms with Crippen molar-refractivity contribution in [2.45, 2.75) is 43.7 Å². The van der Waals surface area contributed by atoms with Crippen LogP contribution in [0.15, 0.2) is 4.34 Å². The quantitative estimate of drug-likeness (QED) is 0.819. The van der Waals surface area contributed by atoms with Crippen molar-refractivity contribution in [1.29, 1.82) is 0 Å². The molecule has 0 aliphatic carbocycles. The molecule has 1 aromatic rings. The minimum absolute atomic E-state index is 0.00449. The van der Waals surface area contributed by atoms with Gasteiger partial charge in [-0.3, -0.25) is 4.90 Å². The van der Waals surface area contributed by atoms with E-state index in [0.29, 0.717) is 5.69 Å². The van der Waals surface area contributed by atoms with Crippen molar-refractivity contribution in [3.8, 4) is 0 Å². The fraction of sp³-hybridized carbons (Fsp3) is 0.769. The number of piperazine rings is 1. The Kier molecular flexibility index (Phi) is 4.84. The normalized spacial score (nSPS) is 20.8. The molecule has 2 heterocycles. The molecule has 1 aromatic heterocycles. The van der Waals surface area contributed by atoms with Gasteiger partial charge in [0.25, 0.3) is 10.0 Å². The first-order valence-electron chi connectivity index (χ1n) is 7.09. The van der Waals surface area contributed by atoms with E-state index in [1.165, 1.54) is 9.21 Å². The van der Waals surface area contributed by atoms with E-state index in [2.05, 4.69) is 4.98 Å². The molecule has 10 heteroatoms. The fourth-order valence-electron chi connectivity index (χ4n) is 2.72. The van der Waals surface area contributed by atoms with Crippen LogP contribution in [0.2, 0.25) is 0 Å². The Labute approximate surface area is 138 Å². The fourth-order valence-corrected chi connectivity index (χ4v) is 5.90. The molecule has 1 fully saturated rings. The molecular formula is C13H20F3N3O2S2. The molecule has 1 aliphatic heterocycles. The minimum Gasteiger partial charge on any atom is -0.292 e. The van der Waals surface area contributed by atoms with E-state index in [1.807, 2.05) is 0 Å². The van der Waals surface area contributed by atoms with E-state index in [9.17, 15) is 21.6 Å². The van der Waals surface area contributed by atoms with Crippen LogP contribution < -0.4 is 0 Å². The lowest BCUT2D eigenvalue weighted by molar-refractivity contribution is -0.152. The Hall–Kier alpha value is -0.710. The number of hydrogen-bond acceptors (Lipinski definition) is 5. The van der Waals surface area contributed by atoms with Crippen LogP contribution in [0.5, 0.6) is 0 Å². The van der Waals surface area contributed by atoms with E-state index in [0.717, 1.165) is 16.2 Å². The van der Waals surface area contributed by atoms with Crippen LogP contribution in [-0.4, -0.2) is 60.5 Å². The number of thiazole rings is 1. The van der Waals surface area contributed by atoms with Crippen molar-refractivity contribution in [2.75, 3.05) is 26.2 Å². The molecule has 0 unspecified atom stereocenters. The lowest BCUT2D eigenvalue weighted by Crippen LogP contribution is -2.61. The van der Waals surface area contributed by atoms with Crippen molar-refractivity contribution in [2.24, 2.45) is 0 Å². The van der Waals surface area contributed by atoms with Gasteiger partial charge in [-0.25, -0.2) is 13.4 Å². The first kappa shape index (κ1) is 18.6. The third-order valence-electron chi connectivity index (χ3n) is 3.83. The molecule has 0 saturated carbocycles. The van der Waals surface area contributed by atoms with Crippen molar-refractivity contribution < 1.29 is 21.6 Å². The number of sulfonamides is 1. The number of alkyl halides is 3. The first-order chi connectivity index (χ1) is 10.3. The Bertz CT molecular complexity index is 664. The Morgan fingerprint density at radius 1 is 1.26 bits per heavy atom. The van der Waals surface area contributed by atoms with Crippen LogP contribution in [0.4, 0.5) is 13.2 Å². The van der Waals surface area contributed by atoms with Gasteiger partial charge in [-0.2, -0.15) is 17.5 Å². The highest BCUT2D eigenvalue weighted by atomic mass is 32.2. The zero-order valence-corrected chi connectivity index (χ0v) is 15.1. The van der Waals surface area contributed by atoms with Gasteiger partial charge in [-0.15, -0.1) is 11.3 Å². The highest BCUT2D eigenvalue weighted by Crippen LogP contribution is 2.32. The zero-order chi connectivity index (χ0) is 17.6. The first-order valence-corrected chi connectivity index (χ1v) is 9.34. The molecule has 132 valence electrons. The Morgan fingerprint density at radius 2 is 1.87 bits per heavy atom. The highest BCUT2D eigenvalue weighted by molar-refractivity contribution is 7.91. The van der Waals surface area contributed by atoms with Gasteiger partial charge in [-0.1, -0.05) is 0 Å². The van der Waals surface area contributed by atoms with Crippen molar-refractivity contribution in [1.82, 2.24) is 14.2 Å². The standard InChI is InChI=1S/C13H20F3N3O2S2/c1-9-10(2)22-11(17-9)23(20,21)19-6-5-18(7-12(19,3)4)8-13(14,15)16/h5-8H2,1-4H3. The molecule has 0 atom stereocenters. The average molecular weight is 371 g/mol. The van der Waals surface area contributed by atoms with E-state index in [-0.39, 0.29) is 24.0 Å². The van der Waals surface area contributed by atoms with E-state index in [1.54, 1.807) is 27.7 Å². The number of rotatable bonds is 3. The van der Waals surface area contributed by atoms with E-state index < -0.39 is 28.3 Å². The largest absolute Gasteiger partial charge is 0.401 e. The predicted molar refractivity (Wildman–Crippen MR) is 82.1 cm³/mol. The molecule has 0 bridgehead atoms. The molecule has 0 amide bonds. The second-order valence-corrected chi connectivity index (χ2v) is 9.58. The van der Waals surface area contributed by atoms with Gasteiger partial charge >= 0.3 is 6.18 Å². The highest BCUT2D eigenvalue weighted by Gasteiger charge is 2.45. The molecule has 23 heavy (non-hydrogen) atoms. The van der Waals surface area contributed by atoms with Crippen LogP contribution in [0.3, 0.4) is 0 Å². The van der Waals surface area contributed by atoms with Gasteiger partial charge in [0.1, 0.15) is 0 Å². The lowest BCUT2D eigenvalue weighted by Gasteiger charge is -2.45. The van der Waals surface area contributed by atoms with E-state index in [4.69, 9.17) is 0 Å². The molecule has 1 aliphatic rings. The van der Waals surface area contributed by atoms with Gasteiger partial charge in [0.2, 0.25) is 4.34 Å². The predicted octanol–water partition coefficient (Wildman–Crippen LogP) is 2.41. The van der Waals surface area contributed by atoms with Crippen LogP contribution in [0, 0.1) is 13.8 Å². The topological polar surface area (TPSA) is 53.5 Å². The molecule has 0 radical (unpaired) electrons. The summed E-state index contributed by atoms with van der Waals surface area (Å²) in [5, 5.41) is 0. The third kappa shape index (κ3) is 4.04. The van der Waals surface area contributed by atoms with Gasteiger partial charge in [0, 0.05) is 30.1 Å². The maximum Gasteiger partial charge on any atom is 0.401 e. The van der Waals surface area contributed by atoms with Crippen LogP contribution in [-0.2, 0) is 10.0 Å². The maximum atomic E-state index is 12.8. The maximum absolute atomic E-state index is 12.8. The van der Waals surface area contributed by atoms with E-state index >= 15 is 0 Å². The Morgan fingerprint density at radius 3 is 2.30 bits per heavy atom. The second-order valence-electron chi connectivity index (χ2n) is 6.34. The molecule has 2 rings (SSSR count). The number of hydrogen-bond donors (Lipinski definition) is 0. The zero-order valence-electron chi connectivity index (χ0n) is 13.4. The summed E-state index contributed by atoms with van der Waals surface area (Å²) in [7, 11) is -3.81. The molecule has 0 spiro atoms. The smallest absolute Gasteiger partial charge is 0.292 e. The SMILES string of the molecule is Cc1nc(S(=O)(=O)N2CCN(CC(F)(F)F)CC2(C)C)sc1C. The minimum atomic E-state index is -4.29. The summed E-state index contributed by atoms with van der Waals surface area (Å²) < 4.78 is 64.5.